The van der Waals surface area contributed by atoms with Crippen LogP contribution in [0.15, 0.2) is 58.1 Å². The van der Waals surface area contributed by atoms with Crippen molar-refractivity contribution in [1.29, 1.82) is 0 Å². The van der Waals surface area contributed by atoms with Gasteiger partial charge in [0.15, 0.2) is 0 Å². The lowest BCUT2D eigenvalue weighted by Crippen LogP contribution is -2.47. The molecule has 1 saturated heterocycles. The second-order valence-electron chi connectivity index (χ2n) is 9.66. The highest BCUT2D eigenvalue weighted by molar-refractivity contribution is 5.77. The molecule has 5 rings (SSSR count). The highest BCUT2D eigenvalue weighted by Gasteiger charge is 2.17. The first-order valence-electron chi connectivity index (χ1n) is 12.9. The maximum absolute atomic E-state index is 12.9. The zero-order valence-corrected chi connectivity index (χ0v) is 21.2. The molecule has 0 bridgehead atoms. The summed E-state index contributed by atoms with van der Waals surface area (Å²) in [4.78, 5) is 39.9. The van der Waals surface area contributed by atoms with E-state index in [0.717, 1.165) is 74.8 Å². The molecule has 2 aromatic carbocycles. The van der Waals surface area contributed by atoms with Gasteiger partial charge in [-0.25, -0.2) is 9.97 Å². The van der Waals surface area contributed by atoms with Crippen molar-refractivity contribution in [1.82, 2.24) is 28.9 Å². The molecule has 36 heavy (non-hydrogen) atoms. The van der Waals surface area contributed by atoms with Gasteiger partial charge in [-0.2, -0.15) is 0 Å². The van der Waals surface area contributed by atoms with Crippen LogP contribution in [0.1, 0.15) is 24.5 Å². The number of hydrogen-bond donors (Lipinski definition) is 0. The topological polar surface area (TPSA) is 76.3 Å². The molecule has 0 aliphatic carbocycles. The van der Waals surface area contributed by atoms with E-state index >= 15 is 0 Å². The molecule has 4 aromatic rings. The summed E-state index contributed by atoms with van der Waals surface area (Å²) in [6.45, 7) is 11.3. The first-order chi connectivity index (χ1) is 17.5. The molecule has 1 aliphatic heterocycles. The highest BCUT2D eigenvalue weighted by atomic mass is 16.1. The van der Waals surface area contributed by atoms with Crippen molar-refractivity contribution < 1.29 is 0 Å². The molecule has 0 atom stereocenters. The average Bonchev–Trinajstić information content (AvgIpc) is 2.89. The van der Waals surface area contributed by atoms with Crippen molar-refractivity contribution >= 4 is 21.8 Å². The minimum absolute atomic E-state index is 0.0545. The Balaban J connectivity index is 1.08. The zero-order chi connectivity index (χ0) is 25.1. The molecule has 0 saturated carbocycles. The summed E-state index contributed by atoms with van der Waals surface area (Å²) in [7, 11) is 0. The Morgan fingerprint density at radius 1 is 0.611 bits per heavy atom. The lowest BCUT2D eigenvalue weighted by atomic mass is 10.2. The van der Waals surface area contributed by atoms with Gasteiger partial charge in [-0.15, -0.1) is 0 Å². The second kappa shape index (κ2) is 10.7. The lowest BCUT2D eigenvalue weighted by molar-refractivity contribution is 0.128. The third-order valence-corrected chi connectivity index (χ3v) is 7.28. The first kappa shape index (κ1) is 24.3. The van der Waals surface area contributed by atoms with E-state index in [4.69, 9.17) is 0 Å². The third kappa shape index (κ3) is 5.10. The number of para-hydroxylation sites is 2. The lowest BCUT2D eigenvalue weighted by Gasteiger charge is -2.34. The maximum Gasteiger partial charge on any atom is 0.261 e. The molecular formula is C28H34N6O2. The van der Waals surface area contributed by atoms with Gasteiger partial charge in [0.25, 0.3) is 11.1 Å². The molecule has 188 valence electrons. The molecule has 0 unspecified atom stereocenters. The summed E-state index contributed by atoms with van der Waals surface area (Å²) in [5, 5.41) is 1.38. The molecule has 0 spiro atoms. The van der Waals surface area contributed by atoms with Crippen LogP contribution in [-0.2, 0) is 13.1 Å². The quantitative estimate of drug-likeness (QED) is 0.381. The van der Waals surface area contributed by atoms with Gasteiger partial charge in [-0.1, -0.05) is 24.3 Å². The smallest absolute Gasteiger partial charge is 0.261 e. The van der Waals surface area contributed by atoms with E-state index in [-0.39, 0.29) is 11.1 Å². The second-order valence-corrected chi connectivity index (χ2v) is 9.66. The zero-order valence-electron chi connectivity index (χ0n) is 21.2. The number of hydrogen-bond acceptors (Lipinski definition) is 6. The Hall–Kier alpha value is -3.36. The predicted molar refractivity (Wildman–Crippen MR) is 144 cm³/mol. The fraction of sp³-hybridized carbons (Fsp3) is 0.429. The summed E-state index contributed by atoms with van der Waals surface area (Å²) >= 11 is 0. The predicted octanol–water partition coefficient (Wildman–Crippen LogP) is 2.82. The Morgan fingerprint density at radius 2 is 1.00 bits per heavy atom. The normalized spacial score (nSPS) is 15.2. The summed E-state index contributed by atoms with van der Waals surface area (Å²) in [5.74, 6) is 1.55. The van der Waals surface area contributed by atoms with Crippen LogP contribution in [0.3, 0.4) is 0 Å². The van der Waals surface area contributed by atoms with Crippen LogP contribution in [0.4, 0.5) is 0 Å². The van der Waals surface area contributed by atoms with Gasteiger partial charge in [0.05, 0.1) is 21.8 Å². The molecule has 0 N–H and O–H groups in total. The van der Waals surface area contributed by atoms with Gasteiger partial charge >= 0.3 is 0 Å². The maximum atomic E-state index is 12.9. The van der Waals surface area contributed by atoms with Crippen LogP contribution in [0, 0.1) is 13.8 Å². The van der Waals surface area contributed by atoms with Crippen LogP contribution < -0.4 is 11.1 Å². The van der Waals surface area contributed by atoms with Crippen LogP contribution >= 0.6 is 0 Å². The number of aromatic nitrogens is 4. The minimum Gasteiger partial charge on any atom is -0.301 e. The number of benzene rings is 2. The van der Waals surface area contributed by atoms with Gasteiger partial charge in [-0.3, -0.25) is 18.7 Å². The number of rotatable bonds is 8. The summed E-state index contributed by atoms with van der Waals surface area (Å²) < 4.78 is 3.62. The first-order valence-corrected chi connectivity index (χ1v) is 12.9. The largest absolute Gasteiger partial charge is 0.301 e. The van der Waals surface area contributed by atoms with Crippen molar-refractivity contribution in [3.05, 3.63) is 80.9 Å². The van der Waals surface area contributed by atoms with E-state index in [1.54, 1.807) is 0 Å². The molecule has 8 heteroatoms. The number of nitrogens with zero attached hydrogens (tertiary/aromatic N) is 6. The van der Waals surface area contributed by atoms with Crippen molar-refractivity contribution in [2.75, 3.05) is 39.3 Å². The van der Waals surface area contributed by atoms with E-state index < -0.39 is 0 Å². The number of piperazine rings is 1. The molecule has 3 heterocycles. The van der Waals surface area contributed by atoms with E-state index in [1.807, 2.05) is 71.5 Å². The van der Waals surface area contributed by atoms with Crippen molar-refractivity contribution in [2.24, 2.45) is 0 Å². The Bertz CT molecular complexity index is 1370. The fourth-order valence-electron chi connectivity index (χ4n) is 5.23. The van der Waals surface area contributed by atoms with Crippen LogP contribution in [0.5, 0.6) is 0 Å². The molecule has 8 nitrogen and oxygen atoms in total. The molecule has 1 aliphatic rings. The highest BCUT2D eigenvalue weighted by Crippen LogP contribution is 2.10. The van der Waals surface area contributed by atoms with Gasteiger partial charge < -0.3 is 9.80 Å². The number of aryl methyl sites for hydroxylation is 2. The average molecular weight is 487 g/mol. The van der Waals surface area contributed by atoms with Gasteiger partial charge in [-0.05, 0) is 64.0 Å². The summed E-state index contributed by atoms with van der Waals surface area (Å²) in [5.41, 5.74) is 1.64. The van der Waals surface area contributed by atoms with E-state index in [2.05, 4.69) is 19.8 Å². The standard InChI is InChI=1S/C28H34N6O2/c1-21-29-25-11-5-3-9-23(25)27(35)33(21)15-7-13-31-17-19-32(20-18-31)14-8-16-34-22(2)30-26-12-6-4-10-24(26)28(34)36/h3-6,9-12H,7-8,13-20H2,1-2H3. The third-order valence-electron chi connectivity index (χ3n) is 7.28. The SMILES string of the molecule is Cc1nc2ccccc2c(=O)n1CCCN1CCN(CCCn2c(C)nc3ccccc3c2=O)CC1. The molecule has 0 radical (unpaired) electrons. The van der Waals surface area contributed by atoms with Gasteiger partial charge in [0, 0.05) is 39.3 Å². The Morgan fingerprint density at radius 3 is 1.42 bits per heavy atom. The van der Waals surface area contributed by atoms with Gasteiger partial charge in [0.1, 0.15) is 11.6 Å². The molecule has 0 amide bonds. The van der Waals surface area contributed by atoms with E-state index in [0.29, 0.717) is 23.9 Å². The van der Waals surface area contributed by atoms with Crippen LogP contribution in [0.2, 0.25) is 0 Å². The monoisotopic (exact) mass is 486 g/mol. The van der Waals surface area contributed by atoms with Crippen molar-refractivity contribution in [2.45, 2.75) is 39.8 Å². The molecule has 1 fully saturated rings. The Labute approximate surface area is 210 Å². The van der Waals surface area contributed by atoms with Crippen LogP contribution in [0.25, 0.3) is 21.8 Å². The van der Waals surface area contributed by atoms with Crippen LogP contribution in [-0.4, -0.2) is 68.2 Å². The minimum atomic E-state index is 0.0545. The summed E-state index contributed by atoms with van der Waals surface area (Å²) in [6.07, 6.45) is 1.86. The van der Waals surface area contributed by atoms with Gasteiger partial charge in [0.2, 0.25) is 0 Å². The van der Waals surface area contributed by atoms with Crippen molar-refractivity contribution in [3.8, 4) is 0 Å². The Kier molecular flexibility index (Phi) is 7.25. The fourth-order valence-corrected chi connectivity index (χ4v) is 5.23. The van der Waals surface area contributed by atoms with Crippen molar-refractivity contribution in [3.63, 3.8) is 0 Å². The summed E-state index contributed by atoms with van der Waals surface area (Å²) in [6, 6.07) is 15.1. The number of fused-ring (bicyclic) bond motifs is 2. The molecule has 2 aromatic heterocycles. The van der Waals surface area contributed by atoms with E-state index in [1.165, 1.54) is 0 Å². The van der Waals surface area contributed by atoms with E-state index in [9.17, 15) is 9.59 Å². The molecular weight excluding hydrogens is 452 g/mol.